The SMILES string of the molecule is C[C@H](O)c1nccn1[C@@H](C#Cc1ccc(-c2ccc(C3CC(NCc4noc(C(N)=O)n4)C3)cc2)cc1)CO. The first-order valence-corrected chi connectivity index (χ1v) is 12.8. The first kappa shape index (κ1) is 26.3. The topological polar surface area (TPSA) is 152 Å². The van der Waals surface area contributed by atoms with Crippen LogP contribution in [-0.4, -0.2) is 48.5 Å². The van der Waals surface area contributed by atoms with Crippen LogP contribution in [0.1, 0.15) is 71.3 Å². The van der Waals surface area contributed by atoms with Crippen LogP contribution in [0.4, 0.5) is 0 Å². The van der Waals surface area contributed by atoms with Gasteiger partial charge in [0, 0.05) is 24.0 Å². The van der Waals surface area contributed by atoms with Crippen LogP contribution >= 0.6 is 0 Å². The lowest BCUT2D eigenvalue weighted by Crippen LogP contribution is -2.39. The predicted octanol–water partition coefficient (Wildman–Crippen LogP) is 2.71. The number of nitrogens with two attached hydrogens (primary N) is 1. The van der Waals surface area contributed by atoms with Gasteiger partial charge in [0.2, 0.25) is 0 Å². The summed E-state index contributed by atoms with van der Waals surface area (Å²) in [7, 11) is 0. The third-order valence-electron chi connectivity index (χ3n) is 6.93. The Balaban J connectivity index is 1.14. The van der Waals surface area contributed by atoms with Crippen molar-refractivity contribution in [3.63, 3.8) is 0 Å². The summed E-state index contributed by atoms with van der Waals surface area (Å²) in [5.74, 6) is 6.68. The van der Waals surface area contributed by atoms with Gasteiger partial charge in [-0.05, 0) is 54.5 Å². The second kappa shape index (κ2) is 11.6. The summed E-state index contributed by atoms with van der Waals surface area (Å²) in [6, 6.07) is 16.5. The first-order valence-electron chi connectivity index (χ1n) is 12.8. The van der Waals surface area contributed by atoms with E-state index in [2.05, 4.69) is 56.5 Å². The summed E-state index contributed by atoms with van der Waals surface area (Å²) < 4.78 is 6.50. The third kappa shape index (κ3) is 6.07. The van der Waals surface area contributed by atoms with Gasteiger partial charge in [0.05, 0.1) is 13.2 Å². The molecule has 1 amide bonds. The third-order valence-corrected chi connectivity index (χ3v) is 6.93. The molecule has 1 aliphatic carbocycles. The number of carbonyl (C=O) groups is 1. The molecule has 4 aromatic rings. The van der Waals surface area contributed by atoms with Crippen LogP contribution in [-0.2, 0) is 6.54 Å². The minimum absolute atomic E-state index is 0.172. The molecule has 0 spiro atoms. The van der Waals surface area contributed by atoms with Crippen LogP contribution in [0.3, 0.4) is 0 Å². The largest absolute Gasteiger partial charge is 0.393 e. The molecule has 0 bridgehead atoms. The number of hydrogen-bond acceptors (Lipinski definition) is 8. The average Bonchev–Trinajstić information content (AvgIpc) is 3.60. The van der Waals surface area contributed by atoms with E-state index in [1.54, 1.807) is 23.9 Å². The molecule has 1 aliphatic rings. The Morgan fingerprint density at radius 1 is 1.18 bits per heavy atom. The number of hydrogen-bond donors (Lipinski definition) is 4. The molecule has 2 aromatic carbocycles. The lowest BCUT2D eigenvalue weighted by molar-refractivity contribution is 0.0958. The molecule has 0 radical (unpaired) electrons. The van der Waals surface area contributed by atoms with Crippen LogP contribution in [0.15, 0.2) is 65.4 Å². The van der Waals surface area contributed by atoms with Gasteiger partial charge in [0.1, 0.15) is 18.0 Å². The summed E-state index contributed by atoms with van der Waals surface area (Å²) >= 11 is 0. The van der Waals surface area contributed by atoms with Gasteiger partial charge in [-0.1, -0.05) is 53.4 Å². The van der Waals surface area contributed by atoms with Gasteiger partial charge in [0.25, 0.3) is 0 Å². The second-order valence-electron chi connectivity index (χ2n) is 9.66. The molecule has 1 fully saturated rings. The van der Waals surface area contributed by atoms with E-state index in [4.69, 9.17) is 10.3 Å². The Kier molecular flexibility index (Phi) is 7.84. The van der Waals surface area contributed by atoms with E-state index in [0.717, 1.165) is 29.5 Å². The van der Waals surface area contributed by atoms with Crippen molar-refractivity contribution in [2.45, 2.75) is 50.4 Å². The molecule has 2 atom stereocenters. The van der Waals surface area contributed by atoms with Crippen LogP contribution < -0.4 is 11.1 Å². The maximum absolute atomic E-state index is 11.1. The molecule has 5 rings (SSSR count). The van der Waals surface area contributed by atoms with E-state index in [-0.39, 0.29) is 12.5 Å². The molecule has 5 N–H and O–H groups in total. The number of aromatic nitrogens is 4. The number of imidazole rings is 1. The number of primary amides is 1. The molecular weight excluding hydrogens is 496 g/mol. The summed E-state index contributed by atoms with van der Waals surface area (Å²) in [5.41, 5.74) is 9.51. The molecule has 2 heterocycles. The molecular formula is C29H30N6O4. The summed E-state index contributed by atoms with van der Waals surface area (Å²) in [5, 5.41) is 26.8. The Bertz CT molecular complexity index is 1470. The van der Waals surface area contributed by atoms with E-state index in [0.29, 0.717) is 30.2 Å². The van der Waals surface area contributed by atoms with Gasteiger partial charge >= 0.3 is 11.8 Å². The van der Waals surface area contributed by atoms with Gasteiger partial charge in [-0.3, -0.25) is 4.79 Å². The van der Waals surface area contributed by atoms with Gasteiger partial charge in [0.15, 0.2) is 5.82 Å². The Morgan fingerprint density at radius 3 is 2.49 bits per heavy atom. The number of nitrogens with one attached hydrogen (secondary N) is 1. The summed E-state index contributed by atoms with van der Waals surface area (Å²) in [4.78, 5) is 19.2. The monoisotopic (exact) mass is 526 g/mol. The van der Waals surface area contributed by atoms with Crippen molar-refractivity contribution >= 4 is 5.91 Å². The van der Waals surface area contributed by atoms with Crippen molar-refractivity contribution in [3.05, 3.63) is 89.6 Å². The minimum Gasteiger partial charge on any atom is -0.393 e. The summed E-state index contributed by atoms with van der Waals surface area (Å²) in [6.45, 7) is 1.89. The van der Waals surface area contributed by atoms with E-state index < -0.39 is 18.1 Å². The van der Waals surface area contributed by atoms with E-state index in [1.165, 1.54) is 5.56 Å². The zero-order chi connectivity index (χ0) is 27.4. The Labute approximate surface area is 225 Å². The van der Waals surface area contributed by atoms with E-state index in [9.17, 15) is 15.0 Å². The second-order valence-corrected chi connectivity index (χ2v) is 9.66. The quantitative estimate of drug-likeness (QED) is 0.243. The highest BCUT2D eigenvalue weighted by Crippen LogP contribution is 2.37. The highest BCUT2D eigenvalue weighted by Gasteiger charge is 2.30. The standard InChI is InChI=1S/C29H30N6O4/c1-18(37)28-31-12-13-35(28)25(17-36)11-4-19-2-5-20(6-3-19)21-7-9-22(10-8-21)23-14-24(15-23)32-16-26-33-29(27(30)38)39-34-26/h2-3,5-10,12-13,18,23-25,32,36-37H,14-17H2,1H3,(H2,30,38)/t18-,23?,24?,25-/m0/s1. The van der Waals surface area contributed by atoms with Crippen LogP contribution in [0.25, 0.3) is 11.1 Å². The van der Waals surface area contributed by atoms with E-state index >= 15 is 0 Å². The van der Waals surface area contributed by atoms with Gasteiger partial charge in [-0.15, -0.1) is 0 Å². The number of amides is 1. The fourth-order valence-electron chi connectivity index (χ4n) is 4.69. The lowest BCUT2D eigenvalue weighted by atomic mass is 9.75. The number of benzene rings is 2. The van der Waals surface area contributed by atoms with Crippen LogP contribution in [0.2, 0.25) is 0 Å². The van der Waals surface area contributed by atoms with Gasteiger partial charge in [-0.2, -0.15) is 4.98 Å². The minimum atomic E-state index is -0.744. The predicted molar refractivity (Wildman–Crippen MR) is 143 cm³/mol. The normalized spacial score (nSPS) is 18.0. The van der Waals surface area contributed by atoms with Crippen molar-refractivity contribution in [2.75, 3.05) is 6.61 Å². The highest BCUT2D eigenvalue weighted by molar-refractivity contribution is 5.87. The van der Waals surface area contributed by atoms with Crippen molar-refractivity contribution in [3.8, 4) is 23.0 Å². The van der Waals surface area contributed by atoms with Gasteiger partial charge in [-0.25, -0.2) is 4.98 Å². The average molecular weight is 527 g/mol. The molecule has 10 heteroatoms. The van der Waals surface area contributed by atoms with Gasteiger partial charge < -0.3 is 30.4 Å². The maximum atomic E-state index is 11.1. The van der Waals surface area contributed by atoms with Crippen LogP contribution in [0, 0.1) is 11.8 Å². The zero-order valence-electron chi connectivity index (χ0n) is 21.5. The fraction of sp³-hybridized carbons (Fsp3) is 0.310. The molecule has 1 saturated carbocycles. The fourth-order valence-corrected chi connectivity index (χ4v) is 4.69. The zero-order valence-corrected chi connectivity index (χ0v) is 21.5. The van der Waals surface area contributed by atoms with Crippen molar-refractivity contribution in [1.29, 1.82) is 0 Å². The summed E-state index contributed by atoms with van der Waals surface area (Å²) in [6.07, 6.45) is 4.59. The molecule has 200 valence electrons. The smallest absolute Gasteiger partial charge is 0.315 e. The maximum Gasteiger partial charge on any atom is 0.315 e. The number of rotatable bonds is 9. The first-order chi connectivity index (χ1) is 18.9. The molecule has 39 heavy (non-hydrogen) atoms. The Hall–Kier alpha value is -4.30. The number of aliphatic hydroxyl groups is 2. The molecule has 0 saturated heterocycles. The molecule has 10 nitrogen and oxygen atoms in total. The highest BCUT2D eigenvalue weighted by atomic mass is 16.5. The molecule has 0 unspecified atom stereocenters. The number of carbonyl (C=O) groups excluding carboxylic acids is 1. The number of aliphatic hydroxyl groups excluding tert-OH is 2. The number of nitrogens with zero attached hydrogens (tertiary/aromatic N) is 4. The lowest BCUT2D eigenvalue weighted by Gasteiger charge is -2.36. The Morgan fingerprint density at radius 2 is 1.87 bits per heavy atom. The molecule has 0 aliphatic heterocycles. The van der Waals surface area contributed by atoms with Crippen molar-refractivity contribution < 1.29 is 19.5 Å². The van der Waals surface area contributed by atoms with Crippen molar-refractivity contribution in [2.24, 2.45) is 5.73 Å². The van der Waals surface area contributed by atoms with Crippen LogP contribution in [0.5, 0.6) is 0 Å². The molecule has 2 aromatic heterocycles. The van der Waals surface area contributed by atoms with E-state index in [1.807, 2.05) is 24.3 Å². The van der Waals surface area contributed by atoms with Crippen molar-refractivity contribution in [1.82, 2.24) is 25.0 Å².